The number of nitrogens with one attached hydrogen (secondary N) is 1. The molecule has 0 unspecified atom stereocenters. The highest BCUT2D eigenvalue weighted by atomic mass is 35.5. The molecule has 0 aliphatic rings. The zero-order valence-corrected chi connectivity index (χ0v) is 19.8. The number of aryl methyl sites for hydroxylation is 2. The largest absolute Gasteiger partial charge is 0.466 e. The van der Waals surface area contributed by atoms with Gasteiger partial charge in [0.05, 0.1) is 29.9 Å². The molecule has 0 saturated carbocycles. The van der Waals surface area contributed by atoms with Gasteiger partial charge in [-0.2, -0.15) is 0 Å². The normalized spacial score (nSPS) is 10.8. The van der Waals surface area contributed by atoms with Crippen molar-refractivity contribution in [1.82, 2.24) is 9.55 Å². The zero-order valence-electron chi connectivity index (χ0n) is 19.1. The third kappa shape index (κ3) is 5.21. The number of amides is 1. The van der Waals surface area contributed by atoms with Gasteiger partial charge in [0, 0.05) is 24.0 Å². The van der Waals surface area contributed by atoms with Crippen molar-refractivity contribution in [2.45, 2.75) is 20.3 Å². The first-order chi connectivity index (χ1) is 16.3. The molecule has 4 aromatic rings. The van der Waals surface area contributed by atoms with Gasteiger partial charge in [-0.1, -0.05) is 29.3 Å². The van der Waals surface area contributed by atoms with Crippen LogP contribution in [0.5, 0.6) is 11.6 Å². The fraction of sp³-hybridized carbons (Fsp3) is 0.192. The number of hydrogen-bond acceptors (Lipinski definition) is 5. The third-order valence-electron chi connectivity index (χ3n) is 5.29. The lowest BCUT2D eigenvalue weighted by Gasteiger charge is -2.10. The molecule has 0 aliphatic heterocycles. The summed E-state index contributed by atoms with van der Waals surface area (Å²) in [6.45, 7) is 4.11. The molecule has 1 N–H and O–H groups in total. The van der Waals surface area contributed by atoms with E-state index in [-0.39, 0.29) is 18.3 Å². The van der Waals surface area contributed by atoms with E-state index in [2.05, 4.69) is 10.3 Å². The highest BCUT2D eigenvalue weighted by molar-refractivity contribution is 6.32. The number of carbonyl (C=O) groups is 2. The number of hydrogen-bond donors (Lipinski definition) is 1. The highest BCUT2D eigenvalue weighted by Gasteiger charge is 2.14. The van der Waals surface area contributed by atoms with Crippen molar-refractivity contribution in [3.05, 3.63) is 82.6 Å². The second-order valence-corrected chi connectivity index (χ2v) is 8.25. The molecule has 2 aromatic carbocycles. The van der Waals surface area contributed by atoms with Crippen LogP contribution in [0.15, 0.2) is 60.8 Å². The summed E-state index contributed by atoms with van der Waals surface area (Å²) >= 11 is 6.30. The first-order valence-electron chi connectivity index (χ1n) is 10.8. The number of benzene rings is 2. The molecule has 8 heteroatoms. The van der Waals surface area contributed by atoms with E-state index in [1.807, 2.05) is 42.8 Å². The van der Waals surface area contributed by atoms with Crippen molar-refractivity contribution in [2.24, 2.45) is 7.05 Å². The van der Waals surface area contributed by atoms with Gasteiger partial charge in [0.2, 0.25) is 5.88 Å². The first-order valence-corrected chi connectivity index (χ1v) is 11.2. The quantitative estimate of drug-likeness (QED) is 0.346. The number of fused-ring (bicyclic) bond motifs is 1. The fourth-order valence-corrected chi connectivity index (χ4v) is 3.87. The molecular weight excluding hydrogens is 454 g/mol. The summed E-state index contributed by atoms with van der Waals surface area (Å²) in [5, 5.41) is 4.23. The summed E-state index contributed by atoms with van der Waals surface area (Å²) in [7, 11) is 1.86. The van der Waals surface area contributed by atoms with Crippen LogP contribution < -0.4 is 10.1 Å². The Morgan fingerprint density at radius 3 is 2.62 bits per heavy atom. The number of anilines is 1. The van der Waals surface area contributed by atoms with Crippen LogP contribution >= 0.6 is 11.6 Å². The monoisotopic (exact) mass is 477 g/mol. The van der Waals surface area contributed by atoms with Crippen molar-refractivity contribution in [2.75, 3.05) is 11.9 Å². The minimum Gasteiger partial charge on any atom is -0.466 e. The van der Waals surface area contributed by atoms with Gasteiger partial charge in [-0.15, -0.1) is 0 Å². The zero-order chi connectivity index (χ0) is 24.2. The van der Waals surface area contributed by atoms with E-state index in [1.54, 1.807) is 37.3 Å². The Kier molecular flexibility index (Phi) is 6.84. The topological polar surface area (TPSA) is 82.5 Å². The van der Waals surface area contributed by atoms with Crippen LogP contribution in [0.3, 0.4) is 0 Å². The Bertz CT molecular complexity index is 1360. The highest BCUT2D eigenvalue weighted by Crippen LogP contribution is 2.30. The van der Waals surface area contributed by atoms with Gasteiger partial charge in [0.1, 0.15) is 11.4 Å². The van der Waals surface area contributed by atoms with E-state index >= 15 is 0 Å². The summed E-state index contributed by atoms with van der Waals surface area (Å²) in [4.78, 5) is 28.7. The average molecular weight is 478 g/mol. The predicted octanol–water partition coefficient (Wildman–Crippen LogP) is 5.69. The summed E-state index contributed by atoms with van der Waals surface area (Å²) in [6, 6.07) is 16.4. The molecule has 174 valence electrons. The maximum atomic E-state index is 12.8. The standard InChI is InChI=1S/C26H24ClN3O4/c1-4-33-25(31)13-17-6-9-23(20(27)12-17)34-24-10-7-19(15-28-24)29-26(32)22-14-18-11-16(2)5-8-21(18)30(22)3/h5-12,14-15H,4,13H2,1-3H3,(H,29,32). The van der Waals surface area contributed by atoms with Gasteiger partial charge >= 0.3 is 5.97 Å². The van der Waals surface area contributed by atoms with Crippen molar-refractivity contribution >= 4 is 40.1 Å². The summed E-state index contributed by atoms with van der Waals surface area (Å²) in [6.07, 6.45) is 1.65. The lowest BCUT2D eigenvalue weighted by atomic mass is 10.1. The van der Waals surface area contributed by atoms with Crippen LogP contribution in [0.25, 0.3) is 10.9 Å². The van der Waals surface area contributed by atoms with Crippen LogP contribution in [0.4, 0.5) is 5.69 Å². The number of rotatable bonds is 7. The van der Waals surface area contributed by atoms with Crippen LogP contribution in [0.2, 0.25) is 5.02 Å². The van der Waals surface area contributed by atoms with Gasteiger partial charge in [-0.3, -0.25) is 9.59 Å². The second kappa shape index (κ2) is 9.97. The van der Waals surface area contributed by atoms with Crippen molar-refractivity contribution < 1.29 is 19.1 Å². The number of carbonyl (C=O) groups excluding carboxylic acids is 2. The van der Waals surface area contributed by atoms with Crippen LogP contribution in [0, 0.1) is 6.92 Å². The predicted molar refractivity (Wildman–Crippen MR) is 132 cm³/mol. The van der Waals surface area contributed by atoms with Gasteiger partial charge in [0.15, 0.2) is 0 Å². The third-order valence-corrected chi connectivity index (χ3v) is 5.58. The Morgan fingerprint density at radius 1 is 1.09 bits per heavy atom. The number of pyridine rings is 1. The molecule has 7 nitrogen and oxygen atoms in total. The fourth-order valence-electron chi connectivity index (χ4n) is 3.62. The Balaban J connectivity index is 1.42. The molecular formula is C26H24ClN3O4. The van der Waals surface area contributed by atoms with Crippen LogP contribution in [-0.2, 0) is 23.0 Å². The van der Waals surface area contributed by atoms with Gasteiger partial charge in [-0.05, 0) is 55.8 Å². The smallest absolute Gasteiger partial charge is 0.310 e. The number of ether oxygens (including phenoxy) is 2. The Hall–Kier alpha value is -3.84. The molecule has 4 rings (SSSR count). The first kappa shape index (κ1) is 23.3. The van der Waals surface area contributed by atoms with Gasteiger partial charge in [-0.25, -0.2) is 4.98 Å². The van der Waals surface area contributed by atoms with Crippen LogP contribution in [-0.4, -0.2) is 28.0 Å². The molecule has 34 heavy (non-hydrogen) atoms. The molecule has 0 fully saturated rings. The average Bonchev–Trinajstić information content (AvgIpc) is 3.12. The Morgan fingerprint density at radius 2 is 1.91 bits per heavy atom. The number of aromatic nitrogens is 2. The molecule has 2 aromatic heterocycles. The number of esters is 1. The summed E-state index contributed by atoms with van der Waals surface area (Å²) < 4.78 is 12.6. The Labute approximate surface area is 202 Å². The molecule has 0 spiro atoms. The van der Waals surface area contributed by atoms with Gasteiger partial charge in [0.25, 0.3) is 5.91 Å². The van der Waals surface area contributed by atoms with E-state index in [4.69, 9.17) is 21.1 Å². The maximum absolute atomic E-state index is 12.8. The summed E-state index contributed by atoms with van der Waals surface area (Å²) in [5.74, 6) is 0.180. The molecule has 2 heterocycles. The maximum Gasteiger partial charge on any atom is 0.310 e. The van der Waals surface area contributed by atoms with Gasteiger partial charge < -0.3 is 19.4 Å². The van der Waals surface area contributed by atoms with Crippen molar-refractivity contribution in [3.63, 3.8) is 0 Å². The molecule has 0 bridgehead atoms. The minimum atomic E-state index is -0.315. The minimum absolute atomic E-state index is 0.136. The van der Waals surface area contributed by atoms with E-state index in [0.717, 1.165) is 22.0 Å². The molecule has 0 saturated heterocycles. The van der Waals surface area contributed by atoms with Crippen molar-refractivity contribution in [1.29, 1.82) is 0 Å². The molecule has 1 amide bonds. The van der Waals surface area contributed by atoms with Crippen LogP contribution in [0.1, 0.15) is 28.5 Å². The van der Waals surface area contributed by atoms with E-state index in [1.165, 1.54) is 6.20 Å². The second-order valence-electron chi connectivity index (χ2n) is 7.84. The van der Waals surface area contributed by atoms with E-state index in [9.17, 15) is 9.59 Å². The lowest BCUT2D eigenvalue weighted by Crippen LogP contribution is -2.15. The number of nitrogens with zero attached hydrogens (tertiary/aromatic N) is 2. The number of halogens is 1. The SMILES string of the molecule is CCOC(=O)Cc1ccc(Oc2ccc(NC(=O)c3cc4cc(C)ccc4n3C)cn2)c(Cl)c1. The summed E-state index contributed by atoms with van der Waals surface area (Å²) in [5.41, 5.74) is 3.94. The lowest BCUT2D eigenvalue weighted by molar-refractivity contribution is -0.142. The van der Waals surface area contributed by atoms with E-state index in [0.29, 0.717) is 34.6 Å². The van der Waals surface area contributed by atoms with E-state index < -0.39 is 0 Å². The molecule has 0 aliphatic carbocycles. The molecule has 0 atom stereocenters. The molecule has 0 radical (unpaired) electrons. The van der Waals surface area contributed by atoms with Crippen molar-refractivity contribution in [3.8, 4) is 11.6 Å².